The molecule has 2 aromatic heterocycles. The molecule has 1 amide bonds. The van der Waals surface area contributed by atoms with Crippen LogP contribution in [-0.2, 0) is 29.0 Å². The van der Waals surface area contributed by atoms with E-state index in [1.165, 1.54) is 16.8 Å². The fourth-order valence-corrected chi connectivity index (χ4v) is 6.25. The molecule has 1 fully saturated rings. The van der Waals surface area contributed by atoms with Gasteiger partial charge in [-0.2, -0.15) is 0 Å². The number of aliphatic carboxylic acids is 1. The summed E-state index contributed by atoms with van der Waals surface area (Å²) >= 11 is 0. The number of pyridine rings is 1. The highest BCUT2D eigenvalue weighted by Gasteiger charge is 2.39. The summed E-state index contributed by atoms with van der Waals surface area (Å²) in [5, 5.41) is 16.9. The molecule has 1 aromatic carbocycles. The second kappa shape index (κ2) is 14.1. The standard InChI is InChI=1S/C34H45N7O4/c1-5-26-30(36-20-28(32(42)43)41(34(2,3)4)33(44)45-21-23-10-7-6-8-11-23)37-22-38-31(26)40-18-15-24(16-19-40)27-14-13-25-12-9-17-35-29(25)39-27/h6-8,10-11,13-14,22,24,28H,5,9,12,15-21H2,1-4H3,(H,35,39)(H,42,43)(H,36,37,38). The van der Waals surface area contributed by atoms with Gasteiger partial charge in [0.05, 0.1) is 0 Å². The van der Waals surface area contributed by atoms with Gasteiger partial charge in [0.25, 0.3) is 0 Å². The molecule has 0 saturated carbocycles. The summed E-state index contributed by atoms with van der Waals surface area (Å²) in [6.07, 6.45) is 5.66. The number of carbonyl (C=O) groups is 2. The predicted molar refractivity (Wildman–Crippen MR) is 175 cm³/mol. The second-order valence-corrected chi connectivity index (χ2v) is 12.7. The van der Waals surface area contributed by atoms with Crippen molar-refractivity contribution in [2.24, 2.45) is 0 Å². The van der Waals surface area contributed by atoms with Crippen molar-refractivity contribution in [3.05, 3.63) is 71.2 Å². The number of aromatic nitrogens is 3. The van der Waals surface area contributed by atoms with E-state index in [2.05, 4.69) is 37.6 Å². The molecule has 3 N–H and O–H groups in total. The largest absolute Gasteiger partial charge is 0.480 e. The number of carbonyl (C=O) groups excluding carboxylic acids is 1. The van der Waals surface area contributed by atoms with Gasteiger partial charge >= 0.3 is 12.1 Å². The van der Waals surface area contributed by atoms with Gasteiger partial charge in [-0.15, -0.1) is 0 Å². The number of nitrogens with one attached hydrogen (secondary N) is 2. The zero-order chi connectivity index (χ0) is 32.0. The Morgan fingerprint density at radius 3 is 2.58 bits per heavy atom. The van der Waals surface area contributed by atoms with E-state index in [0.717, 1.165) is 73.8 Å². The molecule has 4 heterocycles. The number of amides is 1. The molecular weight excluding hydrogens is 570 g/mol. The number of aryl methyl sites for hydroxylation is 1. The van der Waals surface area contributed by atoms with Crippen LogP contribution in [0.2, 0.25) is 0 Å². The van der Waals surface area contributed by atoms with Crippen LogP contribution in [0, 0.1) is 0 Å². The summed E-state index contributed by atoms with van der Waals surface area (Å²) in [5.41, 5.74) is 3.39. The average molecular weight is 616 g/mol. The smallest absolute Gasteiger partial charge is 0.411 e. The van der Waals surface area contributed by atoms with Crippen molar-refractivity contribution in [3.8, 4) is 0 Å². The summed E-state index contributed by atoms with van der Waals surface area (Å²) < 4.78 is 5.57. The number of carboxylic acids is 1. The lowest BCUT2D eigenvalue weighted by Gasteiger charge is -2.39. The SMILES string of the molecule is CCc1c(NCC(C(=O)O)N(C(=O)OCc2ccccc2)C(C)(C)C)ncnc1N1CCC(c2ccc3c(n2)NCCC3)CC1. The van der Waals surface area contributed by atoms with Crippen LogP contribution in [0.3, 0.4) is 0 Å². The molecule has 0 radical (unpaired) electrons. The fraction of sp³-hybridized carbons (Fsp3) is 0.500. The van der Waals surface area contributed by atoms with Gasteiger partial charge in [0.1, 0.15) is 30.4 Å². The van der Waals surface area contributed by atoms with Crippen LogP contribution >= 0.6 is 0 Å². The van der Waals surface area contributed by atoms with Crippen molar-refractivity contribution in [3.63, 3.8) is 0 Å². The number of nitrogens with zero attached hydrogens (tertiary/aromatic N) is 5. The maximum atomic E-state index is 13.3. The number of hydrogen-bond acceptors (Lipinski definition) is 9. The van der Waals surface area contributed by atoms with Crippen LogP contribution in [-0.4, -0.2) is 74.8 Å². The van der Waals surface area contributed by atoms with E-state index in [-0.39, 0.29) is 13.2 Å². The molecular formula is C34H45N7O4. The molecule has 1 unspecified atom stereocenters. The Labute approximate surface area is 265 Å². The topological polar surface area (TPSA) is 133 Å². The van der Waals surface area contributed by atoms with E-state index >= 15 is 0 Å². The van der Waals surface area contributed by atoms with Crippen molar-refractivity contribution in [1.82, 2.24) is 19.9 Å². The Kier molecular flexibility index (Phi) is 10.0. The highest BCUT2D eigenvalue weighted by molar-refractivity contribution is 5.81. The molecule has 0 bridgehead atoms. The zero-order valence-electron chi connectivity index (χ0n) is 26.8. The van der Waals surface area contributed by atoms with E-state index in [1.54, 1.807) is 20.8 Å². The van der Waals surface area contributed by atoms with Crippen LogP contribution in [0.25, 0.3) is 0 Å². The minimum absolute atomic E-state index is 0.0450. The van der Waals surface area contributed by atoms with E-state index in [4.69, 9.17) is 9.72 Å². The van der Waals surface area contributed by atoms with Gasteiger partial charge in [0.2, 0.25) is 0 Å². The summed E-state index contributed by atoms with van der Waals surface area (Å²) in [5.74, 6) is 1.73. The van der Waals surface area contributed by atoms with E-state index in [1.807, 2.05) is 37.3 Å². The van der Waals surface area contributed by atoms with Crippen molar-refractivity contribution < 1.29 is 19.4 Å². The van der Waals surface area contributed by atoms with Gasteiger partial charge in [-0.25, -0.2) is 24.5 Å². The van der Waals surface area contributed by atoms with Crippen molar-refractivity contribution in [2.45, 2.75) is 83.9 Å². The van der Waals surface area contributed by atoms with Crippen molar-refractivity contribution in [1.29, 1.82) is 0 Å². The average Bonchev–Trinajstić information content (AvgIpc) is 3.05. The molecule has 2 aliphatic rings. The molecule has 0 spiro atoms. The summed E-state index contributed by atoms with van der Waals surface area (Å²) in [6.45, 7) is 10.1. The molecule has 3 aromatic rings. The lowest BCUT2D eigenvalue weighted by Crippen LogP contribution is -2.57. The summed E-state index contributed by atoms with van der Waals surface area (Å²) in [4.78, 5) is 43.5. The molecule has 11 heteroatoms. The molecule has 2 aliphatic heterocycles. The lowest BCUT2D eigenvalue weighted by atomic mass is 9.92. The minimum Gasteiger partial charge on any atom is -0.480 e. The monoisotopic (exact) mass is 615 g/mol. The molecule has 11 nitrogen and oxygen atoms in total. The van der Waals surface area contributed by atoms with Gasteiger partial charge < -0.3 is 25.4 Å². The zero-order valence-corrected chi connectivity index (χ0v) is 26.8. The van der Waals surface area contributed by atoms with Gasteiger partial charge in [0, 0.05) is 48.9 Å². The molecule has 240 valence electrons. The van der Waals surface area contributed by atoms with Crippen LogP contribution in [0.5, 0.6) is 0 Å². The third-order valence-electron chi connectivity index (χ3n) is 8.59. The summed E-state index contributed by atoms with van der Waals surface area (Å²) in [6, 6.07) is 12.5. The maximum Gasteiger partial charge on any atom is 0.411 e. The van der Waals surface area contributed by atoms with Crippen molar-refractivity contribution in [2.75, 3.05) is 41.7 Å². The predicted octanol–water partition coefficient (Wildman–Crippen LogP) is 5.48. The first-order valence-electron chi connectivity index (χ1n) is 15.9. The van der Waals surface area contributed by atoms with Gasteiger partial charge in [0.15, 0.2) is 6.04 Å². The van der Waals surface area contributed by atoms with Crippen LogP contribution in [0.15, 0.2) is 48.8 Å². The summed E-state index contributed by atoms with van der Waals surface area (Å²) in [7, 11) is 0. The normalized spacial score (nSPS) is 15.9. The number of carboxylic acid groups (broad SMARTS) is 1. The van der Waals surface area contributed by atoms with Crippen LogP contribution in [0.1, 0.15) is 75.3 Å². The number of hydrogen-bond donors (Lipinski definition) is 3. The number of piperidine rings is 1. The first kappa shape index (κ1) is 32.0. The number of rotatable bonds is 10. The minimum atomic E-state index is -1.19. The van der Waals surface area contributed by atoms with E-state index in [0.29, 0.717) is 18.2 Å². The molecule has 45 heavy (non-hydrogen) atoms. The Morgan fingerprint density at radius 2 is 1.89 bits per heavy atom. The van der Waals surface area contributed by atoms with E-state index in [9.17, 15) is 14.7 Å². The molecule has 0 aliphatic carbocycles. The quantitative estimate of drug-likeness (QED) is 0.269. The molecule has 1 saturated heterocycles. The number of fused-ring (bicyclic) bond motifs is 1. The van der Waals surface area contributed by atoms with Gasteiger partial charge in [-0.1, -0.05) is 43.3 Å². The van der Waals surface area contributed by atoms with Gasteiger partial charge in [-0.05, 0) is 70.1 Å². The van der Waals surface area contributed by atoms with Crippen molar-refractivity contribution >= 4 is 29.5 Å². The first-order chi connectivity index (χ1) is 21.7. The maximum absolute atomic E-state index is 13.3. The number of ether oxygens (including phenoxy) is 1. The highest BCUT2D eigenvalue weighted by atomic mass is 16.6. The molecule has 5 rings (SSSR count). The Balaban J connectivity index is 1.26. The number of anilines is 3. The van der Waals surface area contributed by atoms with E-state index < -0.39 is 23.6 Å². The number of benzene rings is 1. The van der Waals surface area contributed by atoms with Gasteiger partial charge in [-0.3, -0.25) is 4.90 Å². The molecule has 1 atom stereocenters. The Morgan fingerprint density at radius 1 is 1.13 bits per heavy atom. The lowest BCUT2D eigenvalue weighted by molar-refractivity contribution is -0.144. The Hall–Kier alpha value is -4.41. The fourth-order valence-electron chi connectivity index (χ4n) is 6.25. The van der Waals surface area contributed by atoms with Crippen LogP contribution < -0.4 is 15.5 Å². The third kappa shape index (κ3) is 7.64. The Bertz CT molecular complexity index is 1470. The second-order valence-electron chi connectivity index (χ2n) is 12.7. The van der Waals surface area contributed by atoms with Crippen LogP contribution in [0.4, 0.5) is 22.2 Å². The third-order valence-corrected chi connectivity index (χ3v) is 8.59. The highest BCUT2D eigenvalue weighted by Crippen LogP contribution is 2.33. The first-order valence-corrected chi connectivity index (χ1v) is 15.9.